The van der Waals surface area contributed by atoms with Crippen LogP contribution in [0.5, 0.6) is 0 Å². The van der Waals surface area contributed by atoms with Crippen molar-refractivity contribution in [1.29, 1.82) is 0 Å². The number of aromatic nitrogens is 1. The van der Waals surface area contributed by atoms with Crippen LogP contribution >= 0.6 is 11.3 Å². The molecule has 0 amide bonds. The van der Waals surface area contributed by atoms with Gasteiger partial charge >= 0.3 is 6.18 Å². The first-order chi connectivity index (χ1) is 12.4. The van der Waals surface area contributed by atoms with Gasteiger partial charge in [0.1, 0.15) is 0 Å². The topological polar surface area (TPSA) is 38.7 Å². The van der Waals surface area contributed by atoms with Crippen LogP contribution in [0.4, 0.5) is 18.9 Å². The van der Waals surface area contributed by atoms with Crippen LogP contribution in [0.3, 0.4) is 0 Å². The summed E-state index contributed by atoms with van der Waals surface area (Å²) in [5.41, 5.74) is -2.71. The van der Waals surface area contributed by atoms with Crippen molar-refractivity contribution in [3.8, 4) is 10.6 Å². The smallest absolute Gasteiger partial charge is 0.281 e. The molecular weight excluding hydrogens is 363 g/mol. The standard InChI is InChI=1S/C18H10F3N3OS/c1-22-16-13(18(19,20)21)10-14(15-8-5-9-26-15)24(17(16)25)23-11-12-6-3-2-4-7-12/h2-11H. The lowest BCUT2D eigenvalue weighted by Crippen LogP contribution is -2.22. The number of alkyl halides is 3. The highest BCUT2D eigenvalue weighted by Gasteiger charge is 2.36. The van der Waals surface area contributed by atoms with E-state index in [1.807, 2.05) is 0 Å². The van der Waals surface area contributed by atoms with E-state index < -0.39 is 23.0 Å². The molecule has 0 atom stereocenters. The quantitative estimate of drug-likeness (QED) is 0.469. The van der Waals surface area contributed by atoms with Crippen LogP contribution in [0.25, 0.3) is 15.4 Å². The largest absolute Gasteiger partial charge is 0.407 e. The molecule has 8 heteroatoms. The molecule has 0 N–H and O–H groups in total. The summed E-state index contributed by atoms with van der Waals surface area (Å²) in [7, 11) is 0. The number of hydrogen-bond acceptors (Lipinski definition) is 3. The van der Waals surface area contributed by atoms with Crippen LogP contribution in [-0.2, 0) is 6.18 Å². The number of pyridine rings is 1. The zero-order chi connectivity index (χ0) is 18.7. The molecule has 2 heterocycles. The van der Waals surface area contributed by atoms with E-state index in [0.29, 0.717) is 10.4 Å². The van der Waals surface area contributed by atoms with Crippen molar-refractivity contribution in [2.75, 3.05) is 0 Å². The molecule has 4 nitrogen and oxygen atoms in total. The van der Waals surface area contributed by atoms with Crippen molar-refractivity contribution >= 4 is 23.2 Å². The fourth-order valence-corrected chi connectivity index (χ4v) is 3.02. The maximum absolute atomic E-state index is 13.3. The predicted molar refractivity (Wildman–Crippen MR) is 94.7 cm³/mol. The summed E-state index contributed by atoms with van der Waals surface area (Å²) in [6.07, 6.45) is -3.45. The van der Waals surface area contributed by atoms with Crippen LogP contribution in [0, 0.1) is 6.57 Å². The number of benzene rings is 1. The second-order valence-electron chi connectivity index (χ2n) is 5.15. The van der Waals surface area contributed by atoms with Gasteiger partial charge in [-0.1, -0.05) is 36.4 Å². The molecule has 0 saturated carbocycles. The Morgan fingerprint density at radius 3 is 2.46 bits per heavy atom. The van der Waals surface area contributed by atoms with Gasteiger partial charge in [-0.25, -0.2) is 9.52 Å². The maximum atomic E-state index is 13.3. The Labute approximate surface area is 150 Å². The average Bonchev–Trinajstić information content (AvgIpc) is 3.14. The van der Waals surface area contributed by atoms with Gasteiger partial charge in [0.25, 0.3) is 11.2 Å². The summed E-state index contributed by atoms with van der Waals surface area (Å²) < 4.78 is 40.7. The number of hydrogen-bond donors (Lipinski definition) is 0. The van der Waals surface area contributed by atoms with Crippen LogP contribution in [0.1, 0.15) is 11.1 Å². The zero-order valence-corrected chi connectivity index (χ0v) is 13.9. The van der Waals surface area contributed by atoms with Crippen LogP contribution in [0.15, 0.2) is 63.8 Å². The lowest BCUT2D eigenvalue weighted by atomic mass is 10.1. The predicted octanol–water partition coefficient (Wildman–Crippen LogP) is 5.03. The molecule has 3 rings (SSSR count). The van der Waals surface area contributed by atoms with Crippen molar-refractivity contribution < 1.29 is 13.2 Å². The first-order valence-electron chi connectivity index (χ1n) is 7.30. The highest BCUT2D eigenvalue weighted by molar-refractivity contribution is 7.13. The molecule has 0 aliphatic rings. The normalized spacial score (nSPS) is 11.6. The Balaban J connectivity index is 2.27. The highest BCUT2D eigenvalue weighted by Crippen LogP contribution is 2.37. The van der Waals surface area contributed by atoms with E-state index in [-0.39, 0.29) is 5.69 Å². The van der Waals surface area contributed by atoms with Gasteiger partial charge in [0.05, 0.1) is 28.9 Å². The lowest BCUT2D eigenvalue weighted by molar-refractivity contribution is -0.136. The van der Waals surface area contributed by atoms with Gasteiger partial charge in [-0.05, 0) is 23.1 Å². The average molecular weight is 373 g/mol. The van der Waals surface area contributed by atoms with E-state index in [9.17, 15) is 18.0 Å². The molecule has 0 saturated heterocycles. The number of thiophene rings is 1. The summed E-state index contributed by atoms with van der Waals surface area (Å²) in [4.78, 5) is 15.8. The summed E-state index contributed by atoms with van der Waals surface area (Å²) in [6.45, 7) is 7.01. The Kier molecular flexibility index (Phi) is 4.73. The molecule has 3 aromatic rings. The van der Waals surface area contributed by atoms with Crippen molar-refractivity contribution in [3.05, 3.63) is 86.8 Å². The number of nitrogens with zero attached hydrogens (tertiary/aromatic N) is 3. The van der Waals surface area contributed by atoms with Crippen LogP contribution in [0.2, 0.25) is 0 Å². The Morgan fingerprint density at radius 1 is 1.15 bits per heavy atom. The SMILES string of the molecule is [C-]#[N+]c1c(C(F)(F)F)cc(-c2cccs2)n(N=Cc2ccccc2)c1=O. The lowest BCUT2D eigenvalue weighted by Gasteiger charge is -2.13. The maximum Gasteiger partial charge on any atom is 0.407 e. The number of halogens is 3. The summed E-state index contributed by atoms with van der Waals surface area (Å²) in [5, 5.41) is 5.72. The van der Waals surface area contributed by atoms with Crippen LogP contribution < -0.4 is 5.56 Å². The second-order valence-corrected chi connectivity index (χ2v) is 6.10. The van der Waals surface area contributed by atoms with Gasteiger partial charge in [0.2, 0.25) is 0 Å². The third-order valence-electron chi connectivity index (χ3n) is 3.47. The molecule has 1 aromatic carbocycles. The molecule has 0 spiro atoms. The molecule has 0 aliphatic carbocycles. The van der Waals surface area contributed by atoms with Crippen LogP contribution in [-0.4, -0.2) is 10.9 Å². The molecule has 0 fully saturated rings. The first-order valence-corrected chi connectivity index (χ1v) is 8.18. The van der Waals surface area contributed by atoms with Crippen molar-refractivity contribution in [3.63, 3.8) is 0 Å². The van der Waals surface area contributed by atoms with Gasteiger partial charge in [0.15, 0.2) is 0 Å². The van der Waals surface area contributed by atoms with E-state index in [2.05, 4.69) is 9.95 Å². The molecule has 0 aliphatic heterocycles. The van der Waals surface area contributed by atoms with Gasteiger partial charge in [-0.2, -0.15) is 18.3 Å². The summed E-state index contributed by atoms with van der Waals surface area (Å²) in [5.74, 6) is 0. The molecule has 0 bridgehead atoms. The monoisotopic (exact) mass is 373 g/mol. The Bertz CT molecular complexity index is 1050. The van der Waals surface area contributed by atoms with E-state index >= 15 is 0 Å². The highest BCUT2D eigenvalue weighted by atomic mass is 32.1. The molecule has 0 unspecified atom stereocenters. The van der Waals surface area contributed by atoms with E-state index in [1.54, 1.807) is 47.8 Å². The fourth-order valence-electron chi connectivity index (χ4n) is 2.29. The van der Waals surface area contributed by atoms with Crippen molar-refractivity contribution in [2.45, 2.75) is 6.18 Å². The molecule has 0 radical (unpaired) electrons. The van der Waals surface area contributed by atoms with Gasteiger partial charge < -0.3 is 0 Å². The molecule has 26 heavy (non-hydrogen) atoms. The van der Waals surface area contributed by atoms with E-state index in [1.165, 1.54) is 17.6 Å². The fraction of sp³-hybridized carbons (Fsp3) is 0.0556. The van der Waals surface area contributed by atoms with E-state index in [4.69, 9.17) is 6.57 Å². The minimum absolute atomic E-state index is 0.0168. The molecule has 2 aromatic heterocycles. The van der Waals surface area contributed by atoms with Gasteiger partial charge in [-0.3, -0.25) is 4.79 Å². The zero-order valence-electron chi connectivity index (χ0n) is 13.1. The van der Waals surface area contributed by atoms with Gasteiger partial charge in [0, 0.05) is 0 Å². The Morgan fingerprint density at radius 2 is 1.88 bits per heavy atom. The first kappa shape index (κ1) is 17.6. The third-order valence-corrected chi connectivity index (χ3v) is 4.36. The minimum Gasteiger partial charge on any atom is -0.281 e. The van der Waals surface area contributed by atoms with E-state index in [0.717, 1.165) is 10.7 Å². The summed E-state index contributed by atoms with van der Waals surface area (Å²) >= 11 is 1.17. The molecule has 130 valence electrons. The van der Waals surface area contributed by atoms with Crippen molar-refractivity contribution in [1.82, 2.24) is 4.68 Å². The number of rotatable bonds is 3. The Hall–Kier alpha value is -3.18. The third kappa shape index (κ3) is 3.43. The van der Waals surface area contributed by atoms with Gasteiger partial charge in [-0.15, -0.1) is 11.3 Å². The molecular formula is C18H10F3N3OS. The second kappa shape index (κ2) is 6.98. The minimum atomic E-state index is -4.81. The van der Waals surface area contributed by atoms with Crippen molar-refractivity contribution in [2.24, 2.45) is 5.10 Å². The summed E-state index contributed by atoms with van der Waals surface area (Å²) in [6, 6.07) is 12.8.